The molecule has 0 N–H and O–H groups in total. The zero-order chi connectivity index (χ0) is 25.4. The fraction of sp³-hybridized carbons (Fsp3) is 0.310. The van der Waals surface area contributed by atoms with E-state index in [0.29, 0.717) is 22.9 Å². The molecule has 0 aliphatic carbocycles. The Labute approximate surface area is 216 Å². The van der Waals surface area contributed by atoms with Gasteiger partial charge >= 0.3 is 0 Å². The minimum atomic E-state index is -0.375. The Morgan fingerprint density at radius 2 is 1.67 bits per heavy atom. The van der Waals surface area contributed by atoms with Crippen molar-refractivity contribution in [2.24, 2.45) is 0 Å². The van der Waals surface area contributed by atoms with Crippen LogP contribution in [-0.4, -0.2) is 31.6 Å². The first kappa shape index (κ1) is 24.2. The number of anilines is 2. The van der Waals surface area contributed by atoms with E-state index in [1.807, 2.05) is 72.5 Å². The van der Waals surface area contributed by atoms with Gasteiger partial charge < -0.3 is 19.3 Å². The molecular weight excluding hydrogens is 476 g/mol. The van der Waals surface area contributed by atoms with Crippen LogP contribution in [0.2, 0.25) is 5.02 Å². The van der Waals surface area contributed by atoms with Crippen molar-refractivity contribution >= 4 is 34.8 Å². The van der Waals surface area contributed by atoms with Crippen LogP contribution in [0.15, 0.2) is 60.7 Å². The topological polar surface area (TPSA) is 59.1 Å². The first-order valence-corrected chi connectivity index (χ1v) is 12.6. The Morgan fingerprint density at radius 1 is 0.972 bits per heavy atom. The highest BCUT2D eigenvalue weighted by molar-refractivity contribution is 6.30. The van der Waals surface area contributed by atoms with Crippen LogP contribution in [0, 0.1) is 0 Å². The van der Waals surface area contributed by atoms with Gasteiger partial charge in [0.15, 0.2) is 11.5 Å². The number of halogens is 1. The van der Waals surface area contributed by atoms with Gasteiger partial charge in [0.25, 0.3) is 0 Å². The van der Waals surface area contributed by atoms with Crippen molar-refractivity contribution in [2.45, 2.75) is 45.3 Å². The first-order valence-electron chi connectivity index (χ1n) is 12.2. The maximum absolute atomic E-state index is 13.6. The van der Waals surface area contributed by atoms with Gasteiger partial charge in [-0.05, 0) is 78.6 Å². The van der Waals surface area contributed by atoms with E-state index in [4.69, 9.17) is 21.1 Å². The van der Waals surface area contributed by atoms with Gasteiger partial charge in [-0.3, -0.25) is 9.59 Å². The van der Waals surface area contributed by atoms with E-state index in [9.17, 15) is 9.59 Å². The monoisotopic (exact) mass is 504 g/mol. The molecule has 36 heavy (non-hydrogen) atoms. The fourth-order valence-corrected chi connectivity index (χ4v) is 4.88. The Kier molecular flexibility index (Phi) is 6.63. The molecule has 2 amide bonds. The highest BCUT2D eigenvalue weighted by Crippen LogP contribution is 2.44. The number of nitrogens with zero attached hydrogens (tertiary/aromatic N) is 2. The van der Waals surface area contributed by atoms with Crippen molar-refractivity contribution in [2.75, 3.05) is 23.5 Å². The number of β-lactam (4-membered cyclic amide) rings is 1. The lowest BCUT2D eigenvalue weighted by atomic mass is 9.86. The molecule has 0 aromatic heterocycles. The summed E-state index contributed by atoms with van der Waals surface area (Å²) in [6.45, 7) is 4.82. The van der Waals surface area contributed by atoms with Crippen molar-refractivity contribution < 1.29 is 19.1 Å². The number of carbonyl (C=O) groups excluding carboxylic acids is 2. The van der Waals surface area contributed by atoms with E-state index in [0.717, 1.165) is 41.0 Å². The summed E-state index contributed by atoms with van der Waals surface area (Å²) >= 11 is 6.20. The Morgan fingerprint density at radius 3 is 2.25 bits per heavy atom. The highest BCUT2D eigenvalue weighted by Gasteiger charge is 2.36. The number of ether oxygens (including phenoxy) is 2. The predicted molar refractivity (Wildman–Crippen MR) is 141 cm³/mol. The summed E-state index contributed by atoms with van der Waals surface area (Å²) in [5.41, 5.74) is 4.44. The number of methoxy groups -OCH3 is 1. The van der Waals surface area contributed by atoms with Gasteiger partial charge in [-0.25, -0.2) is 0 Å². The normalized spacial score (nSPS) is 17.9. The summed E-state index contributed by atoms with van der Waals surface area (Å²) in [5.74, 6) is 1.37. The zero-order valence-corrected chi connectivity index (χ0v) is 21.4. The second-order valence-electron chi connectivity index (χ2n) is 9.24. The van der Waals surface area contributed by atoms with Crippen LogP contribution in [0.5, 0.6) is 11.5 Å². The van der Waals surface area contributed by atoms with Crippen molar-refractivity contribution in [3.05, 3.63) is 82.4 Å². The smallest absolute Gasteiger partial charge is 0.232 e. The van der Waals surface area contributed by atoms with Gasteiger partial charge in [-0.2, -0.15) is 0 Å². The van der Waals surface area contributed by atoms with Crippen molar-refractivity contribution in [3.8, 4) is 11.5 Å². The number of fused-ring (bicyclic) bond motifs is 1. The number of amides is 2. The minimum Gasteiger partial charge on any atom is -0.493 e. The lowest BCUT2D eigenvalue weighted by molar-refractivity contribution is -0.122. The van der Waals surface area contributed by atoms with Crippen LogP contribution in [0.1, 0.15) is 49.4 Å². The van der Waals surface area contributed by atoms with Crippen LogP contribution < -0.4 is 19.3 Å². The minimum absolute atomic E-state index is 0.0176. The summed E-state index contributed by atoms with van der Waals surface area (Å²) in [6, 6.07) is 18.8. The molecule has 3 aromatic rings. The number of hydrogen-bond donors (Lipinski definition) is 0. The summed E-state index contributed by atoms with van der Waals surface area (Å²) < 4.78 is 11.8. The number of rotatable bonds is 7. The van der Waals surface area contributed by atoms with Crippen molar-refractivity contribution in [1.29, 1.82) is 0 Å². The summed E-state index contributed by atoms with van der Waals surface area (Å²) in [5, 5.41) is 0.631. The van der Waals surface area contributed by atoms with Gasteiger partial charge in [0.1, 0.15) is 0 Å². The third-order valence-corrected chi connectivity index (χ3v) is 7.22. The summed E-state index contributed by atoms with van der Waals surface area (Å²) in [7, 11) is 1.61. The van der Waals surface area contributed by atoms with Gasteiger partial charge in [-0.15, -0.1) is 0 Å². The third kappa shape index (κ3) is 4.42. The standard InChI is InChI=1S/C29H29ClN2O4/c1-4-18(2)36-26-17-24-20(15-25(26)35-3)16-28(34)32(29(24)19-5-7-21(30)8-6-19)23-11-9-22(10-12-23)31-14-13-27(31)33/h5-12,15,17-18,29H,4,13-14,16H2,1-3H3/t18?,29-/m1/s1. The quantitative estimate of drug-likeness (QED) is 0.373. The summed E-state index contributed by atoms with van der Waals surface area (Å²) in [4.78, 5) is 29.1. The van der Waals surface area contributed by atoms with E-state index in [-0.39, 0.29) is 30.4 Å². The van der Waals surface area contributed by atoms with Crippen LogP contribution in [0.3, 0.4) is 0 Å². The van der Waals surface area contributed by atoms with Crippen molar-refractivity contribution in [1.82, 2.24) is 0 Å². The second kappa shape index (κ2) is 9.86. The SMILES string of the molecule is CCC(C)Oc1cc2c(cc1OC)CC(=O)N(c1ccc(N3CCC3=O)cc1)[C@@H]2c1ccc(Cl)cc1. The average Bonchev–Trinajstić information content (AvgIpc) is 2.88. The molecule has 1 saturated heterocycles. The van der Waals surface area contributed by atoms with Crippen molar-refractivity contribution in [3.63, 3.8) is 0 Å². The molecule has 5 rings (SSSR count). The molecular formula is C29H29ClN2O4. The molecule has 7 heteroatoms. The second-order valence-corrected chi connectivity index (χ2v) is 9.68. The molecule has 0 spiro atoms. The van der Waals surface area contributed by atoms with E-state index in [1.165, 1.54) is 0 Å². The van der Waals surface area contributed by atoms with Gasteiger partial charge in [0, 0.05) is 29.4 Å². The zero-order valence-electron chi connectivity index (χ0n) is 20.7. The molecule has 0 bridgehead atoms. The highest BCUT2D eigenvalue weighted by atomic mass is 35.5. The molecule has 0 saturated carbocycles. The predicted octanol–water partition coefficient (Wildman–Crippen LogP) is 5.94. The number of carbonyl (C=O) groups is 2. The first-order chi connectivity index (χ1) is 17.4. The average molecular weight is 505 g/mol. The van der Waals surface area contributed by atoms with E-state index >= 15 is 0 Å². The maximum atomic E-state index is 13.6. The molecule has 1 fully saturated rings. The van der Waals surface area contributed by atoms with Gasteiger partial charge in [-0.1, -0.05) is 30.7 Å². The largest absolute Gasteiger partial charge is 0.493 e. The molecule has 2 atom stereocenters. The Bertz CT molecular complexity index is 1290. The molecule has 3 aromatic carbocycles. The van der Waals surface area contributed by atoms with E-state index in [2.05, 4.69) is 6.92 Å². The van der Waals surface area contributed by atoms with Gasteiger partial charge in [0.05, 0.1) is 25.7 Å². The molecule has 0 radical (unpaired) electrons. The van der Waals surface area contributed by atoms with Crippen LogP contribution >= 0.6 is 11.6 Å². The third-order valence-electron chi connectivity index (χ3n) is 6.97. The summed E-state index contributed by atoms with van der Waals surface area (Å²) in [6.07, 6.45) is 1.69. The van der Waals surface area contributed by atoms with Crippen LogP contribution in [0.25, 0.3) is 0 Å². The Hall–Kier alpha value is -3.51. The molecule has 186 valence electrons. The van der Waals surface area contributed by atoms with E-state index in [1.54, 1.807) is 12.0 Å². The Balaban J connectivity index is 1.62. The lowest BCUT2D eigenvalue weighted by Gasteiger charge is -2.38. The molecule has 1 unspecified atom stereocenters. The number of hydrogen-bond acceptors (Lipinski definition) is 4. The molecule has 2 aliphatic heterocycles. The fourth-order valence-electron chi connectivity index (χ4n) is 4.76. The van der Waals surface area contributed by atoms with E-state index < -0.39 is 0 Å². The molecule has 2 aliphatic rings. The maximum Gasteiger partial charge on any atom is 0.232 e. The number of benzene rings is 3. The van der Waals surface area contributed by atoms with Crippen LogP contribution in [0.4, 0.5) is 11.4 Å². The lowest BCUT2D eigenvalue weighted by Crippen LogP contribution is -2.43. The molecule has 2 heterocycles. The molecule has 6 nitrogen and oxygen atoms in total. The van der Waals surface area contributed by atoms with Crippen LogP contribution in [-0.2, 0) is 16.0 Å². The van der Waals surface area contributed by atoms with Gasteiger partial charge in [0.2, 0.25) is 11.8 Å².